The Balaban J connectivity index is 1.75. The Morgan fingerprint density at radius 3 is 2.20 bits per heavy atom. The first-order valence-electron chi connectivity index (χ1n) is 7.69. The van der Waals surface area contributed by atoms with E-state index in [-0.39, 0.29) is 5.75 Å². The van der Waals surface area contributed by atoms with Gasteiger partial charge >= 0.3 is 0 Å². The Morgan fingerprint density at radius 2 is 1.65 bits per heavy atom. The standard InChI is InChI=1S/C17H21NO2/c19-16-2-1-15(6-14(16)10-18-20)17-7-11-3-12(8-17)5-13(4-11)9-17/h1-2,6,10-13,19-20H,3-5,7-9H2/b18-10-. The van der Waals surface area contributed by atoms with E-state index in [1.807, 2.05) is 6.07 Å². The average Bonchev–Trinajstić information content (AvgIpc) is 2.40. The Morgan fingerprint density at radius 1 is 1.05 bits per heavy atom. The third-order valence-corrected chi connectivity index (χ3v) is 5.87. The Labute approximate surface area is 119 Å². The number of hydrogen-bond donors (Lipinski definition) is 2. The van der Waals surface area contributed by atoms with E-state index in [1.165, 1.54) is 50.3 Å². The summed E-state index contributed by atoms with van der Waals surface area (Å²) in [6.07, 6.45) is 9.55. The van der Waals surface area contributed by atoms with Gasteiger partial charge in [0.25, 0.3) is 0 Å². The second-order valence-corrected chi connectivity index (χ2v) is 7.22. The zero-order valence-corrected chi connectivity index (χ0v) is 11.6. The van der Waals surface area contributed by atoms with Crippen LogP contribution in [-0.2, 0) is 5.41 Å². The van der Waals surface area contributed by atoms with Crippen molar-refractivity contribution in [3.8, 4) is 5.75 Å². The summed E-state index contributed by atoms with van der Waals surface area (Å²) in [4.78, 5) is 0. The van der Waals surface area contributed by atoms with E-state index in [0.29, 0.717) is 11.0 Å². The molecule has 4 bridgehead atoms. The molecule has 4 fully saturated rings. The smallest absolute Gasteiger partial charge is 0.124 e. The fourth-order valence-corrected chi connectivity index (χ4v) is 5.51. The molecule has 0 aliphatic heterocycles. The van der Waals surface area contributed by atoms with Gasteiger partial charge in [-0.25, -0.2) is 0 Å². The molecule has 3 heteroatoms. The molecule has 0 amide bonds. The van der Waals surface area contributed by atoms with Crippen molar-refractivity contribution >= 4 is 6.21 Å². The summed E-state index contributed by atoms with van der Waals surface area (Å²) in [6.45, 7) is 0. The van der Waals surface area contributed by atoms with Crippen LogP contribution in [0.15, 0.2) is 23.4 Å². The molecule has 106 valence electrons. The predicted molar refractivity (Wildman–Crippen MR) is 77.3 cm³/mol. The van der Waals surface area contributed by atoms with Crippen molar-refractivity contribution in [3.63, 3.8) is 0 Å². The minimum absolute atomic E-state index is 0.191. The number of hydrogen-bond acceptors (Lipinski definition) is 3. The number of nitrogens with zero attached hydrogens (tertiary/aromatic N) is 1. The van der Waals surface area contributed by atoms with Crippen molar-refractivity contribution in [1.82, 2.24) is 0 Å². The lowest BCUT2D eigenvalue weighted by atomic mass is 9.48. The summed E-state index contributed by atoms with van der Waals surface area (Å²) in [5.41, 5.74) is 2.28. The highest BCUT2D eigenvalue weighted by atomic mass is 16.4. The molecule has 0 heterocycles. The molecule has 0 atom stereocenters. The fourth-order valence-electron chi connectivity index (χ4n) is 5.51. The van der Waals surface area contributed by atoms with Gasteiger partial charge in [-0.2, -0.15) is 0 Å². The van der Waals surface area contributed by atoms with Gasteiger partial charge in [0, 0.05) is 5.56 Å². The molecule has 20 heavy (non-hydrogen) atoms. The molecule has 1 aromatic carbocycles. The number of aromatic hydroxyl groups is 1. The van der Waals surface area contributed by atoms with Crippen molar-refractivity contribution in [2.75, 3.05) is 0 Å². The van der Waals surface area contributed by atoms with E-state index in [1.54, 1.807) is 6.07 Å². The van der Waals surface area contributed by atoms with Gasteiger partial charge in [-0.15, -0.1) is 0 Å². The molecule has 0 radical (unpaired) electrons. The van der Waals surface area contributed by atoms with Crippen molar-refractivity contribution < 1.29 is 10.3 Å². The Bertz CT molecular complexity index is 529. The molecule has 3 nitrogen and oxygen atoms in total. The highest BCUT2D eigenvalue weighted by Crippen LogP contribution is 2.60. The summed E-state index contributed by atoms with van der Waals surface area (Å²) >= 11 is 0. The molecule has 4 aliphatic carbocycles. The van der Waals surface area contributed by atoms with Gasteiger partial charge in [-0.3, -0.25) is 0 Å². The van der Waals surface area contributed by atoms with Crippen LogP contribution >= 0.6 is 0 Å². The van der Waals surface area contributed by atoms with E-state index in [0.717, 1.165) is 17.8 Å². The molecule has 0 spiro atoms. The number of oxime groups is 1. The van der Waals surface area contributed by atoms with E-state index in [9.17, 15) is 5.11 Å². The SMILES string of the molecule is O/N=C\c1cc(C23CC4CC(CC(C4)C2)C3)ccc1O. The molecule has 0 unspecified atom stereocenters. The van der Waals surface area contributed by atoms with Gasteiger partial charge in [-0.1, -0.05) is 11.2 Å². The molecule has 5 rings (SSSR count). The highest BCUT2D eigenvalue weighted by molar-refractivity contribution is 5.83. The van der Waals surface area contributed by atoms with Crippen LogP contribution in [0.4, 0.5) is 0 Å². The monoisotopic (exact) mass is 271 g/mol. The van der Waals surface area contributed by atoms with Crippen LogP contribution in [0, 0.1) is 17.8 Å². The van der Waals surface area contributed by atoms with Crippen molar-refractivity contribution in [2.45, 2.75) is 43.9 Å². The summed E-state index contributed by atoms with van der Waals surface area (Å²) in [5, 5.41) is 21.6. The maximum absolute atomic E-state index is 9.85. The maximum Gasteiger partial charge on any atom is 0.124 e. The largest absolute Gasteiger partial charge is 0.507 e. The van der Waals surface area contributed by atoms with Crippen LogP contribution in [0.25, 0.3) is 0 Å². The molecule has 0 aromatic heterocycles. The van der Waals surface area contributed by atoms with Gasteiger partial charge in [0.15, 0.2) is 0 Å². The fraction of sp³-hybridized carbons (Fsp3) is 0.588. The Kier molecular flexibility index (Phi) is 2.60. The second-order valence-electron chi connectivity index (χ2n) is 7.22. The summed E-state index contributed by atoms with van der Waals surface area (Å²) in [7, 11) is 0. The zero-order chi connectivity index (χ0) is 13.7. The Hall–Kier alpha value is -1.51. The zero-order valence-electron chi connectivity index (χ0n) is 11.6. The minimum atomic E-state index is 0.191. The van der Waals surface area contributed by atoms with E-state index >= 15 is 0 Å². The third-order valence-electron chi connectivity index (χ3n) is 5.87. The predicted octanol–water partition coefficient (Wildman–Crippen LogP) is 3.67. The topological polar surface area (TPSA) is 52.8 Å². The van der Waals surface area contributed by atoms with Crippen LogP contribution < -0.4 is 0 Å². The van der Waals surface area contributed by atoms with E-state index in [2.05, 4.69) is 11.2 Å². The molecule has 2 N–H and O–H groups in total. The molecule has 4 saturated carbocycles. The summed E-state index contributed by atoms with van der Waals surface area (Å²) in [6, 6.07) is 5.87. The molecular formula is C17H21NO2. The van der Waals surface area contributed by atoms with Crippen LogP contribution in [0.2, 0.25) is 0 Å². The quantitative estimate of drug-likeness (QED) is 0.490. The van der Waals surface area contributed by atoms with Gasteiger partial charge in [0.1, 0.15) is 5.75 Å². The van der Waals surface area contributed by atoms with E-state index < -0.39 is 0 Å². The first-order chi connectivity index (χ1) is 9.68. The first-order valence-corrected chi connectivity index (χ1v) is 7.69. The maximum atomic E-state index is 9.85. The number of phenols is 1. The normalized spacial score (nSPS) is 38.7. The lowest BCUT2D eigenvalue weighted by molar-refractivity contribution is -0.00520. The van der Waals surface area contributed by atoms with Gasteiger partial charge in [0.05, 0.1) is 6.21 Å². The number of phenolic OH excluding ortho intramolecular Hbond substituents is 1. The molecule has 0 saturated heterocycles. The number of rotatable bonds is 2. The van der Waals surface area contributed by atoms with Crippen molar-refractivity contribution in [3.05, 3.63) is 29.3 Å². The number of benzene rings is 1. The average molecular weight is 271 g/mol. The summed E-state index contributed by atoms with van der Waals surface area (Å²) in [5.74, 6) is 2.91. The van der Waals surface area contributed by atoms with E-state index in [4.69, 9.17) is 5.21 Å². The lowest BCUT2D eigenvalue weighted by Crippen LogP contribution is -2.48. The first kappa shape index (κ1) is 12.2. The van der Waals surface area contributed by atoms with Crippen molar-refractivity contribution in [1.29, 1.82) is 0 Å². The lowest BCUT2D eigenvalue weighted by Gasteiger charge is -2.57. The molecule has 4 aliphatic rings. The van der Waals surface area contributed by atoms with Gasteiger partial charge in [0.2, 0.25) is 0 Å². The van der Waals surface area contributed by atoms with Crippen molar-refractivity contribution in [2.24, 2.45) is 22.9 Å². The second kappa shape index (κ2) is 4.24. The molecule has 1 aromatic rings. The third kappa shape index (κ3) is 1.75. The van der Waals surface area contributed by atoms with Crippen LogP contribution in [-0.4, -0.2) is 16.5 Å². The summed E-state index contributed by atoms with van der Waals surface area (Å²) < 4.78 is 0. The van der Waals surface area contributed by atoms with Crippen LogP contribution in [0.3, 0.4) is 0 Å². The van der Waals surface area contributed by atoms with Gasteiger partial charge < -0.3 is 10.3 Å². The highest BCUT2D eigenvalue weighted by Gasteiger charge is 2.51. The van der Waals surface area contributed by atoms with Crippen LogP contribution in [0.1, 0.15) is 49.7 Å². The van der Waals surface area contributed by atoms with Crippen LogP contribution in [0.5, 0.6) is 5.75 Å². The van der Waals surface area contributed by atoms with Gasteiger partial charge in [-0.05, 0) is 79.4 Å². The molecular weight excluding hydrogens is 250 g/mol. The minimum Gasteiger partial charge on any atom is -0.507 e.